The van der Waals surface area contributed by atoms with Gasteiger partial charge in [-0.3, -0.25) is 5.32 Å². The van der Waals surface area contributed by atoms with Crippen molar-refractivity contribution in [2.45, 2.75) is 13.3 Å². The molecule has 0 fully saturated rings. The maximum absolute atomic E-state index is 11.3. The molecule has 4 N–H and O–H groups in total. The van der Waals surface area contributed by atoms with Crippen LogP contribution in [0.2, 0.25) is 0 Å². The second-order valence-corrected chi connectivity index (χ2v) is 4.64. The molecule has 1 aromatic heterocycles. The Hall–Kier alpha value is -2.76. The first-order valence-electron chi connectivity index (χ1n) is 7.17. The number of nitrogens with zero attached hydrogens (tertiary/aromatic N) is 1. The van der Waals surface area contributed by atoms with Crippen LogP contribution >= 0.6 is 0 Å². The van der Waals surface area contributed by atoms with E-state index in [4.69, 9.17) is 10.5 Å². The molecule has 0 bridgehead atoms. The molecule has 0 spiro atoms. The number of aromatic nitrogens is 1. The number of benzene rings is 1. The number of nitrogens with two attached hydrogens (primary N) is 1. The average molecular weight is 300 g/mol. The maximum Gasteiger partial charge on any atom is 0.411 e. The number of anilines is 3. The minimum absolute atomic E-state index is 0.248. The van der Waals surface area contributed by atoms with E-state index in [0.29, 0.717) is 18.1 Å². The Kier molecular flexibility index (Phi) is 5.59. The minimum atomic E-state index is -0.541. The van der Waals surface area contributed by atoms with Crippen LogP contribution in [-0.2, 0) is 11.2 Å². The van der Waals surface area contributed by atoms with Crippen LogP contribution in [0.5, 0.6) is 0 Å². The predicted octanol–water partition coefficient (Wildman–Crippen LogP) is 2.89. The van der Waals surface area contributed by atoms with Gasteiger partial charge in [0, 0.05) is 6.54 Å². The molecule has 2 rings (SSSR count). The smallest absolute Gasteiger partial charge is 0.411 e. The maximum atomic E-state index is 11.3. The van der Waals surface area contributed by atoms with Crippen molar-refractivity contribution in [3.63, 3.8) is 0 Å². The third-order valence-corrected chi connectivity index (χ3v) is 3.00. The summed E-state index contributed by atoms with van der Waals surface area (Å²) in [6.07, 6.45) is 0.353. The zero-order chi connectivity index (χ0) is 15.8. The molecule has 0 radical (unpaired) electrons. The lowest BCUT2D eigenvalue weighted by Gasteiger charge is -2.10. The molecule has 0 aliphatic carbocycles. The summed E-state index contributed by atoms with van der Waals surface area (Å²) in [6.45, 7) is 2.79. The third-order valence-electron chi connectivity index (χ3n) is 3.00. The van der Waals surface area contributed by atoms with E-state index in [-0.39, 0.29) is 5.82 Å². The van der Waals surface area contributed by atoms with Crippen LogP contribution in [0.3, 0.4) is 0 Å². The molecule has 6 heteroatoms. The molecule has 0 aliphatic rings. The van der Waals surface area contributed by atoms with Crippen LogP contribution in [0.4, 0.5) is 22.1 Å². The molecule has 2 aromatic rings. The number of carbonyl (C=O) groups excluding carboxylic acids is 1. The zero-order valence-electron chi connectivity index (χ0n) is 12.5. The summed E-state index contributed by atoms with van der Waals surface area (Å²) in [5.41, 5.74) is 7.52. The van der Waals surface area contributed by atoms with Crippen LogP contribution < -0.4 is 16.4 Å². The molecule has 1 heterocycles. The summed E-state index contributed by atoms with van der Waals surface area (Å²) in [5.74, 6) is 0.917. The van der Waals surface area contributed by atoms with Crippen LogP contribution in [0.1, 0.15) is 12.5 Å². The number of hydrogen-bond donors (Lipinski definition) is 3. The second kappa shape index (κ2) is 7.87. The van der Waals surface area contributed by atoms with E-state index in [1.807, 2.05) is 18.2 Å². The average Bonchev–Trinajstić information content (AvgIpc) is 2.51. The van der Waals surface area contributed by atoms with Crippen LogP contribution in [0.15, 0.2) is 42.5 Å². The van der Waals surface area contributed by atoms with E-state index in [1.165, 1.54) is 5.56 Å². The summed E-state index contributed by atoms with van der Waals surface area (Å²) >= 11 is 0. The highest BCUT2D eigenvalue weighted by atomic mass is 16.5. The first-order valence-corrected chi connectivity index (χ1v) is 7.17. The van der Waals surface area contributed by atoms with Crippen LogP contribution in [0.25, 0.3) is 0 Å². The van der Waals surface area contributed by atoms with Crippen molar-refractivity contribution in [1.82, 2.24) is 4.98 Å². The van der Waals surface area contributed by atoms with E-state index < -0.39 is 6.09 Å². The van der Waals surface area contributed by atoms with Gasteiger partial charge in [0.25, 0.3) is 0 Å². The van der Waals surface area contributed by atoms with E-state index in [0.717, 1.165) is 13.0 Å². The van der Waals surface area contributed by atoms with Crippen molar-refractivity contribution in [2.24, 2.45) is 0 Å². The summed E-state index contributed by atoms with van der Waals surface area (Å²) in [6, 6.07) is 13.6. The van der Waals surface area contributed by atoms with Gasteiger partial charge in [-0.15, -0.1) is 0 Å². The van der Waals surface area contributed by atoms with Crippen molar-refractivity contribution in [1.29, 1.82) is 0 Å². The number of pyridine rings is 1. The lowest BCUT2D eigenvalue weighted by Crippen LogP contribution is -2.15. The van der Waals surface area contributed by atoms with Gasteiger partial charge in [-0.25, -0.2) is 9.78 Å². The van der Waals surface area contributed by atoms with Crippen molar-refractivity contribution in [3.05, 3.63) is 48.0 Å². The monoisotopic (exact) mass is 300 g/mol. The Balaban J connectivity index is 1.87. The molecular formula is C16H20N4O2. The number of ether oxygens (including phenoxy) is 1. The Morgan fingerprint density at radius 1 is 1.23 bits per heavy atom. The Bertz CT molecular complexity index is 617. The van der Waals surface area contributed by atoms with E-state index in [1.54, 1.807) is 19.1 Å². The number of nitrogens with one attached hydrogen (secondary N) is 2. The molecule has 1 aromatic carbocycles. The highest BCUT2D eigenvalue weighted by molar-refractivity contribution is 5.88. The fourth-order valence-corrected chi connectivity index (χ4v) is 1.94. The number of carbonyl (C=O) groups is 1. The fraction of sp³-hybridized carbons (Fsp3) is 0.250. The lowest BCUT2D eigenvalue weighted by molar-refractivity contribution is 0.168. The first-order chi connectivity index (χ1) is 10.7. The molecule has 6 nitrogen and oxygen atoms in total. The molecule has 0 atom stereocenters. The first kappa shape index (κ1) is 15.6. The molecule has 0 aliphatic heterocycles. The van der Waals surface area contributed by atoms with Crippen molar-refractivity contribution < 1.29 is 9.53 Å². The van der Waals surface area contributed by atoms with Gasteiger partial charge in [0.1, 0.15) is 11.6 Å². The SMILES string of the molecule is CCOC(=O)Nc1ccc(NCCc2ccccc2)nc1N. The van der Waals surface area contributed by atoms with E-state index in [2.05, 4.69) is 27.8 Å². The zero-order valence-corrected chi connectivity index (χ0v) is 12.5. The van der Waals surface area contributed by atoms with E-state index >= 15 is 0 Å². The van der Waals surface area contributed by atoms with Gasteiger partial charge in [0.15, 0.2) is 0 Å². The molecule has 1 amide bonds. The van der Waals surface area contributed by atoms with Gasteiger partial charge in [0.2, 0.25) is 0 Å². The normalized spacial score (nSPS) is 10.0. The van der Waals surface area contributed by atoms with Crippen LogP contribution in [0, 0.1) is 0 Å². The molecule has 0 saturated heterocycles. The van der Waals surface area contributed by atoms with Gasteiger partial charge in [-0.1, -0.05) is 30.3 Å². The van der Waals surface area contributed by atoms with Crippen molar-refractivity contribution in [2.75, 3.05) is 29.5 Å². The number of hydrogen-bond acceptors (Lipinski definition) is 5. The third kappa shape index (κ3) is 4.66. The summed E-state index contributed by atoms with van der Waals surface area (Å²) in [5, 5.41) is 5.75. The Labute approximate surface area is 129 Å². The molecule has 116 valence electrons. The minimum Gasteiger partial charge on any atom is -0.450 e. The quantitative estimate of drug-likeness (QED) is 0.763. The topological polar surface area (TPSA) is 89.3 Å². The molecule has 0 unspecified atom stereocenters. The van der Waals surface area contributed by atoms with Crippen molar-refractivity contribution in [3.8, 4) is 0 Å². The number of nitrogen functional groups attached to an aromatic ring is 1. The predicted molar refractivity (Wildman–Crippen MR) is 87.9 cm³/mol. The van der Waals surface area contributed by atoms with Gasteiger partial charge in [0.05, 0.1) is 12.3 Å². The molecular weight excluding hydrogens is 280 g/mol. The summed E-state index contributed by atoms with van der Waals surface area (Å²) in [4.78, 5) is 15.6. The Morgan fingerprint density at radius 3 is 2.68 bits per heavy atom. The summed E-state index contributed by atoms with van der Waals surface area (Å²) < 4.78 is 4.80. The highest BCUT2D eigenvalue weighted by Gasteiger charge is 2.07. The lowest BCUT2D eigenvalue weighted by atomic mass is 10.1. The van der Waals surface area contributed by atoms with Crippen LogP contribution in [-0.4, -0.2) is 24.2 Å². The van der Waals surface area contributed by atoms with E-state index in [9.17, 15) is 4.79 Å². The highest BCUT2D eigenvalue weighted by Crippen LogP contribution is 2.18. The fourth-order valence-electron chi connectivity index (χ4n) is 1.94. The molecule has 22 heavy (non-hydrogen) atoms. The summed E-state index contributed by atoms with van der Waals surface area (Å²) in [7, 11) is 0. The number of rotatable bonds is 6. The largest absolute Gasteiger partial charge is 0.450 e. The van der Waals surface area contributed by atoms with Gasteiger partial charge >= 0.3 is 6.09 Å². The molecule has 0 saturated carbocycles. The van der Waals surface area contributed by atoms with Gasteiger partial charge in [-0.05, 0) is 31.0 Å². The number of amides is 1. The van der Waals surface area contributed by atoms with Crippen molar-refractivity contribution >= 4 is 23.4 Å². The standard InChI is InChI=1S/C16H20N4O2/c1-2-22-16(21)19-13-8-9-14(20-15(13)17)18-11-10-12-6-4-3-5-7-12/h3-9H,2,10-11H2,1H3,(H,19,21)(H3,17,18,20). The second-order valence-electron chi connectivity index (χ2n) is 4.64. The van der Waals surface area contributed by atoms with Gasteiger partial charge in [-0.2, -0.15) is 0 Å². The van der Waals surface area contributed by atoms with Gasteiger partial charge < -0.3 is 15.8 Å². The Morgan fingerprint density at radius 2 is 2.00 bits per heavy atom.